The molecule has 0 bridgehead atoms. The van der Waals surface area contributed by atoms with Gasteiger partial charge < -0.3 is 10.5 Å². The van der Waals surface area contributed by atoms with Crippen LogP contribution in [0.15, 0.2) is 0 Å². The number of rotatable bonds is 3. The second-order valence-corrected chi connectivity index (χ2v) is 3.45. The van der Waals surface area contributed by atoms with Gasteiger partial charge in [0.2, 0.25) is 0 Å². The van der Waals surface area contributed by atoms with Gasteiger partial charge in [-0.2, -0.15) is 13.2 Å². The third-order valence-corrected chi connectivity index (χ3v) is 2.64. The number of halogens is 3. The predicted molar refractivity (Wildman–Crippen MR) is 43.8 cm³/mol. The summed E-state index contributed by atoms with van der Waals surface area (Å²) in [5, 5.41) is 16.1. The van der Waals surface area contributed by atoms with Crippen LogP contribution in [0.25, 0.3) is 0 Å². The zero-order valence-electron chi connectivity index (χ0n) is 7.81. The van der Waals surface area contributed by atoms with Gasteiger partial charge in [-0.15, -0.1) is 0 Å². The quantitative estimate of drug-likeness (QED) is 0.669. The number of alkyl halides is 3. The van der Waals surface area contributed by atoms with E-state index in [1.54, 1.807) is 0 Å². The molecule has 0 radical (unpaired) electrons. The Morgan fingerprint density at radius 3 is 1.77 bits per heavy atom. The Morgan fingerprint density at radius 2 is 1.69 bits per heavy atom. The van der Waals surface area contributed by atoms with Gasteiger partial charge in [-0.25, -0.2) is 0 Å². The lowest BCUT2D eigenvalue weighted by atomic mass is 9.74. The van der Waals surface area contributed by atoms with Gasteiger partial charge in [0, 0.05) is 11.6 Å². The summed E-state index contributed by atoms with van der Waals surface area (Å²) in [6.07, 6.45) is -4.92. The van der Waals surface area contributed by atoms with Crippen molar-refractivity contribution in [2.75, 3.05) is 0 Å². The van der Waals surface area contributed by atoms with Crippen LogP contribution in [-0.4, -0.2) is 23.6 Å². The van der Waals surface area contributed by atoms with E-state index >= 15 is 0 Å². The fourth-order valence-electron chi connectivity index (χ4n) is 0.960. The molecule has 2 N–H and O–H groups in total. The average molecular weight is 197 g/mol. The van der Waals surface area contributed by atoms with Gasteiger partial charge in [-0.05, 0) is 6.92 Å². The van der Waals surface area contributed by atoms with E-state index in [9.17, 15) is 13.2 Å². The second kappa shape index (κ2) is 3.65. The normalized spacial score (nSPS) is 21.8. The van der Waals surface area contributed by atoms with Crippen LogP contribution < -0.4 is 0 Å². The topological polar surface area (TPSA) is 44.1 Å². The molecule has 3 atom stereocenters. The lowest BCUT2D eigenvalue weighted by molar-refractivity contribution is -0.199. The smallest absolute Gasteiger partial charge is 0.392 e. The van der Waals surface area contributed by atoms with Crippen molar-refractivity contribution in [2.24, 2.45) is 11.3 Å². The van der Waals surface area contributed by atoms with E-state index in [-0.39, 0.29) is 0 Å². The zero-order valence-corrected chi connectivity index (χ0v) is 7.81. The molecule has 0 aromatic heterocycles. The van der Waals surface area contributed by atoms with E-state index < -0.39 is 23.6 Å². The van der Waals surface area contributed by atoms with Crippen LogP contribution >= 0.6 is 0 Å². The molecule has 0 spiro atoms. The van der Waals surface area contributed by atoms with Crippen molar-refractivity contribution in [1.29, 1.82) is 5.41 Å². The molecule has 13 heavy (non-hydrogen) atoms. The lowest BCUT2D eigenvalue weighted by Crippen LogP contribution is -2.44. The van der Waals surface area contributed by atoms with Crippen molar-refractivity contribution in [3.05, 3.63) is 0 Å². The van der Waals surface area contributed by atoms with Gasteiger partial charge in [-0.3, -0.25) is 0 Å². The molecule has 0 aromatic carbocycles. The van der Waals surface area contributed by atoms with Gasteiger partial charge in [0.1, 0.15) is 0 Å². The molecule has 0 aliphatic rings. The van der Waals surface area contributed by atoms with Crippen LogP contribution in [0.1, 0.15) is 20.8 Å². The minimum absolute atomic E-state index is 0.663. The van der Waals surface area contributed by atoms with Gasteiger partial charge in [0.15, 0.2) is 0 Å². The minimum atomic E-state index is -4.39. The molecule has 0 aromatic rings. The molecule has 0 fully saturated rings. The highest BCUT2D eigenvalue weighted by Gasteiger charge is 2.49. The van der Waals surface area contributed by atoms with Crippen molar-refractivity contribution in [2.45, 2.75) is 33.1 Å². The molecular weight excluding hydrogens is 183 g/mol. The maximum Gasteiger partial charge on any atom is 0.392 e. The summed E-state index contributed by atoms with van der Waals surface area (Å²) in [6.45, 7) is 3.45. The van der Waals surface area contributed by atoms with E-state index in [1.165, 1.54) is 13.8 Å². The Labute approximate surface area is 75.3 Å². The number of aliphatic hydroxyl groups is 1. The first kappa shape index (κ1) is 12.4. The number of nitrogens with one attached hydrogen (secondary N) is 1. The van der Waals surface area contributed by atoms with Crippen LogP contribution in [0.5, 0.6) is 0 Å². The monoisotopic (exact) mass is 197 g/mol. The van der Waals surface area contributed by atoms with Crippen molar-refractivity contribution in [3.8, 4) is 0 Å². The maximum atomic E-state index is 12.3. The van der Waals surface area contributed by atoms with E-state index in [4.69, 9.17) is 10.5 Å². The summed E-state index contributed by atoms with van der Waals surface area (Å²) < 4.78 is 36.8. The van der Waals surface area contributed by atoms with Crippen molar-refractivity contribution in [3.63, 3.8) is 0 Å². The van der Waals surface area contributed by atoms with Gasteiger partial charge >= 0.3 is 6.18 Å². The molecule has 2 nitrogen and oxygen atoms in total. The van der Waals surface area contributed by atoms with E-state index in [2.05, 4.69) is 0 Å². The van der Waals surface area contributed by atoms with E-state index in [0.717, 1.165) is 6.92 Å². The maximum absolute atomic E-state index is 12.3. The molecule has 0 aliphatic heterocycles. The largest absolute Gasteiger partial charge is 0.392 e. The zero-order chi connectivity index (χ0) is 10.9. The summed E-state index contributed by atoms with van der Waals surface area (Å²) in [4.78, 5) is 0. The number of hydrogen-bond acceptors (Lipinski definition) is 2. The van der Waals surface area contributed by atoms with Crippen LogP contribution in [-0.2, 0) is 0 Å². The summed E-state index contributed by atoms with van der Waals surface area (Å²) in [7, 11) is 0. The standard InChI is InChI=1S/C8H14F3NO/c1-5(8(9,10)11)7(3,4-12)6(2)13/h4-6,12-13H,1-3H3/t5?,6-,7+/m0/s1. The molecule has 5 heteroatoms. The van der Waals surface area contributed by atoms with Crippen molar-refractivity contribution < 1.29 is 18.3 Å². The van der Waals surface area contributed by atoms with Crippen LogP contribution in [0, 0.1) is 16.7 Å². The SMILES string of the molecule is CC(C(F)(F)F)[C@@](C)(C=N)[C@H](C)O. The van der Waals surface area contributed by atoms with Crippen LogP contribution in [0.3, 0.4) is 0 Å². The molecule has 0 heterocycles. The van der Waals surface area contributed by atoms with Gasteiger partial charge in [0.05, 0.1) is 12.0 Å². The van der Waals surface area contributed by atoms with Crippen LogP contribution in [0.2, 0.25) is 0 Å². The average Bonchev–Trinajstić information content (AvgIpc) is 1.99. The third kappa shape index (κ3) is 2.43. The lowest BCUT2D eigenvalue weighted by Gasteiger charge is -2.35. The molecule has 0 saturated carbocycles. The van der Waals surface area contributed by atoms with E-state index in [0.29, 0.717) is 6.21 Å². The fourth-order valence-corrected chi connectivity index (χ4v) is 0.960. The predicted octanol–water partition coefficient (Wildman–Crippen LogP) is 2.22. The Morgan fingerprint density at radius 1 is 1.31 bits per heavy atom. The first-order chi connectivity index (χ1) is 5.66. The Balaban J connectivity index is 4.88. The third-order valence-electron chi connectivity index (χ3n) is 2.64. The Bertz CT molecular complexity index is 190. The summed E-state index contributed by atoms with van der Waals surface area (Å²) in [5.74, 6) is -1.72. The molecule has 1 unspecified atom stereocenters. The highest BCUT2D eigenvalue weighted by Crippen LogP contribution is 2.40. The van der Waals surface area contributed by atoms with Crippen LogP contribution in [0.4, 0.5) is 13.2 Å². The summed E-state index contributed by atoms with van der Waals surface area (Å²) >= 11 is 0. The minimum Gasteiger partial charge on any atom is -0.392 e. The second-order valence-electron chi connectivity index (χ2n) is 3.45. The molecule has 78 valence electrons. The molecule has 0 aliphatic carbocycles. The van der Waals surface area contributed by atoms with Gasteiger partial charge in [0.25, 0.3) is 0 Å². The Hall–Kier alpha value is -0.580. The highest BCUT2D eigenvalue weighted by atomic mass is 19.4. The summed E-state index contributed by atoms with van der Waals surface area (Å²) in [6, 6.07) is 0. The first-order valence-corrected chi connectivity index (χ1v) is 3.92. The van der Waals surface area contributed by atoms with Crippen molar-refractivity contribution in [1.82, 2.24) is 0 Å². The number of aliphatic hydroxyl groups excluding tert-OH is 1. The molecule has 0 amide bonds. The van der Waals surface area contributed by atoms with E-state index in [1.807, 2.05) is 0 Å². The highest BCUT2D eigenvalue weighted by molar-refractivity contribution is 5.63. The Kier molecular flexibility index (Phi) is 3.49. The van der Waals surface area contributed by atoms with Gasteiger partial charge in [-0.1, -0.05) is 13.8 Å². The molecule has 0 rings (SSSR count). The van der Waals surface area contributed by atoms with Crippen molar-refractivity contribution >= 4 is 6.21 Å². The molecule has 0 saturated heterocycles. The fraction of sp³-hybridized carbons (Fsp3) is 0.875. The summed E-state index contributed by atoms with van der Waals surface area (Å²) in [5.41, 5.74) is -1.54. The first-order valence-electron chi connectivity index (χ1n) is 3.92. The number of hydrogen-bond donors (Lipinski definition) is 2. The molecular formula is C8H14F3NO.